The molecule has 0 atom stereocenters. The average Bonchev–Trinajstić information content (AvgIpc) is 2.41. The van der Waals surface area contributed by atoms with Gasteiger partial charge in [0.1, 0.15) is 0 Å². The van der Waals surface area contributed by atoms with Crippen LogP contribution in [0.1, 0.15) is 25.0 Å². The van der Waals surface area contributed by atoms with Gasteiger partial charge in [-0.05, 0) is 17.0 Å². The van der Waals surface area contributed by atoms with Gasteiger partial charge in [-0.25, -0.2) is 0 Å². The Balaban J connectivity index is 1.81. The number of benzene rings is 1. The molecule has 0 saturated carbocycles. The lowest BCUT2D eigenvalue weighted by Crippen LogP contribution is -2.46. The number of rotatable bonds is 5. The van der Waals surface area contributed by atoms with Crippen molar-refractivity contribution in [3.8, 4) is 0 Å². The van der Waals surface area contributed by atoms with Crippen LogP contribution in [-0.2, 0) is 13.1 Å². The van der Waals surface area contributed by atoms with E-state index in [-0.39, 0.29) is 0 Å². The summed E-state index contributed by atoms with van der Waals surface area (Å²) >= 11 is 0. The molecule has 2 rings (SSSR count). The van der Waals surface area contributed by atoms with Crippen LogP contribution in [0, 0.1) is 5.92 Å². The van der Waals surface area contributed by atoms with E-state index in [2.05, 4.69) is 47.9 Å². The molecule has 3 heteroatoms. The van der Waals surface area contributed by atoms with Gasteiger partial charge in [-0.2, -0.15) is 0 Å². The van der Waals surface area contributed by atoms with Gasteiger partial charge in [-0.3, -0.25) is 4.90 Å². The zero-order valence-electron chi connectivity index (χ0n) is 12.3. The van der Waals surface area contributed by atoms with Crippen molar-refractivity contribution in [3.05, 3.63) is 35.4 Å². The minimum absolute atomic E-state index is 0.635. The predicted octanol–water partition coefficient (Wildman–Crippen LogP) is 1.92. The van der Waals surface area contributed by atoms with E-state index in [1.54, 1.807) is 0 Å². The molecule has 19 heavy (non-hydrogen) atoms. The van der Waals surface area contributed by atoms with Gasteiger partial charge >= 0.3 is 0 Å². The monoisotopic (exact) mass is 261 g/mol. The largest absolute Gasteiger partial charge is 0.326 e. The molecule has 1 aliphatic heterocycles. The van der Waals surface area contributed by atoms with Crippen LogP contribution < -0.4 is 5.73 Å². The summed E-state index contributed by atoms with van der Waals surface area (Å²) in [6.45, 7) is 12.3. The second-order valence-corrected chi connectivity index (χ2v) is 5.99. The van der Waals surface area contributed by atoms with Gasteiger partial charge in [-0.1, -0.05) is 38.1 Å². The summed E-state index contributed by atoms with van der Waals surface area (Å²) in [5.74, 6) is 0.771. The van der Waals surface area contributed by atoms with Crippen LogP contribution in [0.25, 0.3) is 0 Å². The number of hydrogen-bond donors (Lipinski definition) is 1. The van der Waals surface area contributed by atoms with Crippen molar-refractivity contribution in [2.45, 2.75) is 26.9 Å². The van der Waals surface area contributed by atoms with Crippen molar-refractivity contribution in [1.82, 2.24) is 9.80 Å². The summed E-state index contributed by atoms with van der Waals surface area (Å²) in [5.41, 5.74) is 8.32. The molecule has 0 unspecified atom stereocenters. The average molecular weight is 261 g/mol. The molecule has 1 aliphatic rings. The summed E-state index contributed by atoms with van der Waals surface area (Å²) < 4.78 is 0. The molecule has 1 aromatic rings. The van der Waals surface area contributed by atoms with Crippen molar-refractivity contribution in [2.75, 3.05) is 32.7 Å². The molecular weight excluding hydrogens is 234 g/mol. The van der Waals surface area contributed by atoms with Gasteiger partial charge in [0.15, 0.2) is 0 Å². The Morgan fingerprint density at radius 3 is 2.32 bits per heavy atom. The molecule has 0 aromatic heterocycles. The van der Waals surface area contributed by atoms with Gasteiger partial charge < -0.3 is 10.6 Å². The fourth-order valence-corrected chi connectivity index (χ4v) is 2.76. The second-order valence-electron chi connectivity index (χ2n) is 5.99. The van der Waals surface area contributed by atoms with Crippen LogP contribution in [-0.4, -0.2) is 42.5 Å². The lowest BCUT2D eigenvalue weighted by Gasteiger charge is -2.35. The van der Waals surface area contributed by atoms with Crippen molar-refractivity contribution in [2.24, 2.45) is 11.7 Å². The van der Waals surface area contributed by atoms with Crippen molar-refractivity contribution >= 4 is 0 Å². The Labute approximate surface area is 117 Å². The predicted molar refractivity (Wildman–Crippen MR) is 80.9 cm³/mol. The first-order chi connectivity index (χ1) is 9.17. The zero-order valence-corrected chi connectivity index (χ0v) is 12.3. The van der Waals surface area contributed by atoms with Crippen LogP contribution in [0.4, 0.5) is 0 Å². The smallest absolute Gasteiger partial charge is 0.0234 e. The van der Waals surface area contributed by atoms with Crippen LogP contribution in [0.2, 0.25) is 0 Å². The van der Waals surface area contributed by atoms with E-state index in [1.807, 2.05) is 0 Å². The van der Waals surface area contributed by atoms with Crippen LogP contribution in [0.5, 0.6) is 0 Å². The molecule has 1 fully saturated rings. The molecule has 0 amide bonds. The molecule has 1 aromatic carbocycles. The molecule has 2 N–H and O–H groups in total. The van der Waals surface area contributed by atoms with Crippen molar-refractivity contribution < 1.29 is 0 Å². The third-order valence-electron chi connectivity index (χ3n) is 3.72. The maximum atomic E-state index is 5.70. The highest BCUT2D eigenvalue weighted by Gasteiger charge is 2.17. The van der Waals surface area contributed by atoms with E-state index in [4.69, 9.17) is 5.73 Å². The maximum Gasteiger partial charge on any atom is 0.0234 e. The molecular formula is C16H27N3. The summed E-state index contributed by atoms with van der Waals surface area (Å²) in [4.78, 5) is 5.13. The number of nitrogens with zero attached hydrogens (tertiary/aromatic N) is 2. The van der Waals surface area contributed by atoms with Gasteiger partial charge in [0, 0.05) is 45.8 Å². The number of nitrogens with two attached hydrogens (primary N) is 1. The lowest BCUT2D eigenvalue weighted by atomic mass is 10.1. The van der Waals surface area contributed by atoms with Crippen molar-refractivity contribution in [3.63, 3.8) is 0 Å². The highest BCUT2D eigenvalue weighted by molar-refractivity contribution is 5.23. The Hall–Kier alpha value is -0.900. The lowest BCUT2D eigenvalue weighted by molar-refractivity contribution is 0.117. The van der Waals surface area contributed by atoms with Crippen LogP contribution in [0.15, 0.2) is 24.3 Å². The third kappa shape index (κ3) is 4.60. The zero-order chi connectivity index (χ0) is 13.7. The first-order valence-electron chi connectivity index (χ1n) is 7.40. The standard InChI is InChI=1S/C16H27N3/c1-14(2)12-18-6-8-19(9-7-18)13-16-5-3-4-15(10-16)11-17/h3-5,10,14H,6-9,11-13,17H2,1-2H3. The summed E-state index contributed by atoms with van der Waals surface area (Å²) in [5, 5.41) is 0. The molecule has 0 bridgehead atoms. The highest BCUT2D eigenvalue weighted by atomic mass is 15.3. The minimum Gasteiger partial charge on any atom is -0.326 e. The van der Waals surface area contributed by atoms with E-state index in [0.717, 1.165) is 12.5 Å². The second kappa shape index (κ2) is 7.04. The molecule has 0 spiro atoms. The normalized spacial score (nSPS) is 18.1. The van der Waals surface area contributed by atoms with Gasteiger partial charge in [0.2, 0.25) is 0 Å². The quantitative estimate of drug-likeness (QED) is 0.879. The molecule has 0 radical (unpaired) electrons. The number of hydrogen-bond acceptors (Lipinski definition) is 3. The number of piperazine rings is 1. The fraction of sp³-hybridized carbons (Fsp3) is 0.625. The van der Waals surface area contributed by atoms with E-state index in [9.17, 15) is 0 Å². The SMILES string of the molecule is CC(C)CN1CCN(Cc2cccc(CN)c2)CC1. The van der Waals surface area contributed by atoms with E-state index in [0.29, 0.717) is 6.54 Å². The molecule has 1 heterocycles. The Morgan fingerprint density at radius 1 is 1.05 bits per heavy atom. The summed E-state index contributed by atoms with van der Waals surface area (Å²) in [7, 11) is 0. The van der Waals surface area contributed by atoms with Gasteiger partial charge in [-0.15, -0.1) is 0 Å². The molecule has 1 saturated heterocycles. The Morgan fingerprint density at radius 2 is 1.68 bits per heavy atom. The topological polar surface area (TPSA) is 32.5 Å². The first-order valence-corrected chi connectivity index (χ1v) is 7.40. The highest BCUT2D eigenvalue weighted by Crippen LogP contribution is 2.11. The first kappa shape index (κ1) is 14.5. The Bertz CT molecular complexity index is 381. The van der Waals surface area contributed by atoms with Crippen LogP contribution >= 0.6 is 0 Å². The third-order valence-corrected chi connectivity index (χ3v) is 3.72. The fourth-order valence-electron chi connectivity index (χ4n) is 2.76. The molecule has 106 valence electrons. The molecule has 3 nitrogen and oxygen atoms in total. The summed E-state index contributed by atoms with van der Waals surface area (Å²) in [6, 6.07) is 8.66. The van der Waals surface area contributed by atoms with E-state index < -0.39 is 0 Å². The molecule has 0 aliphatic carbocycles. The van der Waals surface area contributed by atoms with Crippen LogP contribution in [0.3, 0.4) is 0 Å². The minimum atomic E-state index is 0.635. The van der Waals surface area contributed by atoms with Crippen molar-refractivity contribution in [1.29, 1.82) is 0 Å². The maximum absolute atomic E-state index is 5.70. The summed E-state index contributed by atoms with van der Waals surface area (Å²) in [6.07, 6.45) is 0. The van der Waals surface area contributed by atoms with Gasteiger partial charge in [0.25, 0.3) is 0 Å². The Kier molecular flexibility index (Phi) is 5.37. The van der Waals surface area contributed by atoms with E-state index >= 15 is 0 Å². The van der Waals surface area contributed by atoms with Gasteiger partial charge in [0.05, 0.1) is 0 Å². The van der Waals surface area contributed by atoms with E-state index in [1.165, 1.54) is 43.9 Å².